The molecule has 0 atom stereocenters. The van der Waals surface area contributed by atoms with Crippen molar-refractivity contribution in [2.75, 3.05) is 38.8 Å². The lowest BCUT2D eigenvalue weighted by Gasteiger charge is -2.13. The van der Waals surface area contributed by atoms with E-state index in [0.717, 1.165) is 45.9 Å². The molecule has 3 aromatic rings. The van der Waals surface area contributed by atoms with Crippen molar-refractivity contribution >= 4 is 11.4 Å². The molecular weight excluding hydrogens is 368 g/mol. The summed E-state index contributed by atoms with van der Waals surface area (Å²) in [6, 6.07) is 21.1. The number of aromatic nitrogens is 1. The van der Waals surface area contributed by atoms with Crippen LogP contribution in [0.15, 0.2) is 85.1 Å². The van der Waals surface area contributed by atoms with E-state index in [1.165, 1.54) is 0 Å². The summed E-state index contributed by atoms with van der Waals surface area (Å²) in [6.45, 7) is 0. The van der Waals surface area contributed by atoms with Crippen LogP contribution in [0.25, 0.3) is 22.4 Å². The maximum absolute atomic E-state index is 5.05. The Balaban J connectivity index is 2.01. The fourth-order valence-corrected chi connectivity index (χ4v) is 3.22. The predicted molar refractivity (Wildman–Crippen MR) is 130 cm³/mol. The van der Waals surface area contributed by atoms with E-state index in [9.17, 15) is 0 Å². The molecule has 0 aliphatic rings. The standard InChI is InChI=1S/C26H30N4/c1-27-23-13-8-10-20(18-23)25-16-15-22(12-6-5-7-17-30(3)4)29-26(25)21-11-9-14-24(19-21)28-2/h5-11,13-19,27-28H,12H2,1-4H3/b6-5-,17-7-. The summed E-state index contributed by atoms with van der Waals surface area (Å²) < 4.78 is 0. The first-order chi connectivity index (χ1) is 14.6. The molecule has 0 radical (unpaired) electrons. The van der Waals surface area contributed by atoms with Crippen molar-refractivity contribution < 1.29 is 0 Å². The van der Waals surface area contributed by atoms with Gasteiger partial charge in [-0.25, -0.2) is 0 Å². The van der Waals surface area contributed by atoms with Crippen molar-refractivity contribution in [1.29, 1.82) is 0 Å². The number of benzene rings is 2. The van der Waals surface area contributed by atoms with Gasteiger partial charge < -0.3 is 15.5 Å². The van der Waals surface area contributed by atoms with Gasteiger partial charge in [-0.2, -0.15) is 0 Å². The molecule has 0 fully saturated rings. The third-order valence-corrected chi connectivity index (χ3v) is 4.80. The first-order valence-corrected chi connectivity index (χ1v) is 10.2. The van der Waals surface area contributed by atoms with Crippen molar-refractivity contribution in [2.24, 2.45) is 0 Å². The van der Waals surface area contributed by atoms with E-state index in [0.29, 0.717) is 0 Å². The summed E-state index contributed by atoms with van der Waals surface area (Å²) in [5.74, 6) is 0. The van der Waals surface area contributed by atoms with Crippen LogP contribution in [0.1, 0.15) is 5.69 Å². The molecule has 0 saturated carbocycles. The van der Waals surface area contributed by atoms with Crippen LogP contribution in [0, 0.1) is 0 Å². The molecule has 0 amide bonds. The molecule has 0 spiro atoms. The minimum atomic E-state index is 0.785. The van der Waals surface area contributed by atoms with Gasteiger partial charge in [-0.1, -0.05) is 42.5 Å². The van der Waals surface area contributed by atoms with E-state index in [1.807, 2.05) is 45.4 Å². The summed E-state index contributed by atoms with van der Waals surface area (Å²) in [7, 11) is 7.90. The number of hydrogen-bond donors (Lipinski definition) is 2. The minimum Gasteiger partial charge on any atom is -0.388 e. The van der Waals surface area contributed by atoms with Gasteiger partial charge in [0.05, 0.1) is 5.69 Å². The van der Waals surface area contributed by atoms with Crippen molar-refractivity contribution in [3.63, 3.8) is 0 Å². The maximum atomic E-state index is 5.05. The van der Waals surface area contributed by atoms with Crippen molar-refractivity contribution in [3.05, 3.63) is 90.8 Å². The van der Waals surface area contributed by atoms with Gasteiger partial charge in [-0.3, -0.25) is 4.98 Å². The lowest BCUT2D eigenvalue weighted by molar-refractivity contribution is 0.564. The number of anilines is 2. The van der Waals surface area contributed by atoms with Gasteiger partial charge in [-0.05, 0) is 48.2 Å². The smallest absolute Gasteiger partial charge is 0.0784 e. The van der Waals surface area contributed by atoms with Crippen LogP contribution in [-0.4, -0.2) is 38.1 Å². The zero-order valence-electron chi connectivity index (χ0n) is 18.2. The monoisotopic (exact) mass is 398 g/mol. The minimum absolute atomic E-state index is 0.785. The van der Waals surface area contributed by atoms with Crippen LogP contribution in [0.5, 0.6) is 0 Å². The van der Waals surface area contributed by atoms with Crippen LogP contribution in [0.2, 0.25) is 0 Å². The second-order valence-electron chi connectivity index (χ2n) is 7.30. The summed E-state index contributed by atoms with van der Waals surface area (Å²) in [4.78, 5) is 7.07. The molecule has 0 unspecified atom stereocenters. The van der Waals surface area contributed by atoms with Crippen LogP contribution in [0.3, 0.4) is 0 Å². The lowest BCUT2D eigenvalue weighted by Crippen LogP contribution is -1.99. The second kappa shape index (κ2) is 10.3. The number of allylic oxidation sites excluding steroid dienone is 3. The zero-order valence-corrected chi connectivity index (χ0v) is 18.2. The molecule has 0 saturated heterocycles. The Kier molecular flexibility index (Phi) is 7.28. The first kappa shape index (κ1) is 21.2. The Morgan fingerprint density at radius 3 is 2.17 bits per heavy atom. The molecule has 154 valence electrons. The average Bonchev–Trinajstić information content (AvgIpc) is 2.78. The van der Waals surface area contributed by atoms with Gasteiger partial charge in [0.15, 0.2) is 0 Å². The van der Waals surface area contributed by atoms with E-state index >= 15 is 0 Å². The van der Waals surface area contributed by atoms with Gasteiger partial charge in [0.25, 0.3) is 0 Å². The normalized spacial score (nSPS) is 11.2. The van der Waals surface area contributed by atoms with E-state index in [4.69, 9.17) is 4.98 Å². The molecule has 0 aliphatic carbocycles. The molecule has 2 N–H and O–H groups in total. The van der Waals surface area contributed by atoms with Crippen LogP contribution in [0.4, 0.5) is 11.4 Å². The van der Waals surface area contributed by atoms with Crippen molar-refractivity contribution in [1.82, 2.24) is 9.88 Å². The summed E-state index contributed by atoms with van der Waals surface area (Å²) in [5.41, 5.74) is 7.57. The van der Waals surface area contributed by atoms with Crippen molar-refractivity contribution in [2.45, 2.75) is 6.42 Å². The molecule has 4 heteroatoms. The zero-order chi connectivity index (χ0) is 21.3. The largest absolute Gasteiger partial charge is 0.388 e. The van der Waals surface area contributed by atoms with E-state index < -0.39 is 0 Å². The van der Waals surface area contributed by atoms with Crippen LogP contribution >= 0.6 is 0 Å². The summed E-state index contributed by atoms with van der Waals surface area (Å²) in [5, 5.41) is 6.45. The molecule has 3 rings (SSSR count). The van der Waals surface area contributed by atoms with Gasteiger partial charge in [0.1, 0.15) is 0 Å². The van der Waals surface area contributed by atoms with Gasteiger partial charge >= 0.3 is 0 Å². The van der Waals surface area contributed by atoms with Crippen LogP contribution < -0.4 is 10.6 Å². The number of pyridine rings is 1. The number of nitrogens with one attached hydrogen (secondary N) is 2. The molecule has 2 aromatic carbocycles. The highest BCUT2D eigenvalue weighted by atomic mass is 15.0. The Morgan fingerprint density at radius 2 is 1.50 bits per heavy atom. The first-order valence-electron chi connectivity index (χ1n) is 10.2. The predicted octanol–water partition coefficient (Wildman–Crippen LogP) is 5.67. The molecular formula is C26H30N4. The fraction of sp³-hybridized carbons (Fsp3) is 0.192. The molecule has 1 aromatic heterocycles. The Bertz CT molecular complexity index is 1030. The third-order valence-electron chi connectivity index (χ3n) is 4.80. The molecule has 1 heterocycles. The van der Waals surface area contributed by atoms with E-state index in [1.54, 1.807) is 0 Å². The highest BCUT2D eigenvalue weighted by Gasteiger charge is 2.11. The molecule has 30 heavy (non-hydrogen) atoms. The summed E-state index contributed by atoms with van der Waals surface area (Å²) in [6.07, 6.45) is 9.05. The molecule has 0 aliphatic heterocycles. The Morgan fingerprint density at radius 1 is 0.833 bits per heavy atom. The number of nitrogens with zero attached hydrogens (tertiary/aromatic N) is 2. The number of hydrogen-bond acceptors (Lipinski definition) is 4. The molecule has 4 nitrogen and oxygen atoms in total. The SMILES string of the molecule is CNc1cccc(-c2ccc(C/C=C\C=C/N(C)C)nc2-c2cccc(NC)c2)c1. The third kappa shape index (κ3) is 5.51. The lowest BCUT2D eigenvalue weighted by atomic mass is 9.97. The van der Waals surface area contributed by atoms with Crippen molar-refractivity contribution in [3.8, 4) is 22.4 Å². The average molecular weight is 399 g/mol. The maximum Gasteiger partial charge on any atom is 0.0784 e. The topological polar surface area (TPSA) is 40.2 Å². The van der Waals surface area contributed by atoms with E-state index in [2.05, 4.69) is 83.4 Å². The Labute approximate surface area is 180 Å². The fourth-order valence-electron chi connectivity index (χ4n) is 3.22. The Hall–Kier alpha value is -3.53. The molecule has 0 bridgehead atoms. The van der Waals surface area contributed by atoms with Gasteiger partial charge in [-0.15, -0.1) is 0 Å². The highest BCUT2D eigenvalue weighted by Crippen LogP contribution is 2.33. The van der Waals surface area contributed by atoms with Gasteiger partial charge in [0.2, 0.25) is 0 Å². The second-order valence-corrected chi connectivity index (χ2v) is 7.30. The van der Waals surface area contributed by atoms with Crippen LogP contribution in [-0.2, 0) is 6.42 Å². The van der Waals surface area contributed by atoms with Gasteiger partial charge in [0, 0.05) is 62.8 Å². The number of rotatable bonds is 8. The highest BCUT2D eigenvalue weighted by molar-refractivity contribution is 5.83. The van der Waals surface area contributed by atoms with E-state index in [-0.39, 0.29) is 0 Å². The summed E-state index contributed by atoms with van der Waals surface area (Å²) >= 11 is 0. The quantitative estimate of drug-likeness (QED) is 0.480.